The number of nitro benzene ring substituents is 1. The molecule has 0 fully saturated rings. The summed E-state index contributed by atoms with van der Waals surface area (Å²) in [5.41, 5.74) is 0.700. The molecule has 0 bridgehead atoms. The highest BCUT2D eigenvalue weighted by atomic mass is 35.5. The van der Waals surface area contributed by atoms with Gasteiger partial charge in [0.1, 0.15) is 16.6 Å². The molecule has 31 heavy (non-hydrogen) atoms. The maximum Gasteiger partial charge on any atom is 0.271 e. The number of aromatic nitrogens is 3. The van der Waals surface area contributed by atoms with E-state index in [9.17, 15) is 20.2 Å². The van der Waals surface area contributed by atoms with Crippen molar-refractivity contribution in [3.8, 4) is 11.8 Å². The summed E-state index contributed by atoms with van der Waals surface area (Å²) in [5.74, 6) is -0.206. The highest BCUT2D eigenvalue weighted by Crippen LogP contribution is 2.27. The van der Waals surface area contributed by atoms with Crippen LogP contribution in [0.15, 0.2) is 42.1 Å². The number of anilines is 1. The Morgan fingerprint density at radius 3 is 2.84 bits per heavy atom. The number of nitrogens with zero attached hydrogens (tertiary/aromatic N) is 5. The lowest BCUT2D eigenvalue weighted by molar-refractivity contribution is -0.384. The molecule has 3 rings (SSSR count). The van der Waals surface area contributed by atoms with Gasteiger partial charge in [-0.15, -0.1) is 10.2 Å². The maximum absolute atomic E-state index is 12.6. The molecular formula is C20H17ClN6O3S. The summed E-state index contributed by atoms with van der Waals surface area (Å²) in [7, 11) is 0. The van der Waals surface area contributed by atoms with Crippen molar-refractivity contribution in [1.29, 1.82) is 5.26 Å². The fraction of sp³-hybridized carbons (Fsp3) is 0.200. The average molecular weight is 457 g/mol. The number of carbonyl (C=O) groups is 1. The second-order valence-corrected chi connectivity index (χ2v) is 8.39. The van der Waals surface area contributed by atoms with Crippen molar-refractivity contribution in [2.24, 2.45) is 5.92 Å². The number of nitriles is 1. The van der Waals surface area contributed by atoms with Crippen LogP contribution >= 0.6 is 22.9 Å². The van der Waals surface area contributed by atoms with Crippen molar-refractivity contribution in [3.05, 3.63) is 67.9 Å². The summed E-state index contributed by atoms with van der Waals surface area (Å²) >= 11 is 7.47. The Morgan fingerprint density at radius 1 is 1.42 bits per heavy atom. The van der Waals surface area contributed by atoms with Crippen molar-refractivity contribution in [3.63, 3.8) is 0 Å². The zero-order chi connectivity index (χ0) is 22.5. The molecule has 2 aromatic heterocycles. The monoisotopic (exact) mass is 456 g/mol. The largest absolute Gasteiger partial charge is 0.316 e. The molecule has 0 saturated heterocycles. The maximum atomic E-state index is 12.6. The molecule has 0 radical (unpaired) electrons. The summed E-state index contributed by atoms with van der Waals surface area (Å²) in [6.45, 7) is 4.12. The van der Waals surface area contributed by atoms with E-state index >= 15 is 0 Å². The smallest absolute Gasteiger partial charge is 0.271 e. The lowest BCUT2D eigenvalue weighted by Gasteiger charge is -2.09. The highest BCUT2D eigenvalue weighted by Gasteiger charge is 2.16. The third kappa shape index (κ3) is 5.33. The first-order valence-electron chi connectivity index (χ1n) is 9.15. The van der Waals surface area contributed by atoms with Crippen LogP contribution in [0.1, 0.15) is 24.5 Å². The molecule has 0 aliphatic heterocycles. The molecular weight excluding hydrogens is 440 g/mol. The average Bonchev–Trinajstić information content (AvgIpc) is 3.34. The van der Waals surface area contributed by atoms with Crippen molar-refractivity contribution >= 4 is 45.7 Å². The van der Waals surface area contributed by atoms with E-state index in [0.717, 1.165) is 11.4 Å². The van der Waals surface area contributed by atoms with Crippen LogP contribution in [0.3, 0.4) is 0 Å². The number of non-ortho nitro benzene ring substituents is 1. The van der Waals surface area contributed by atoms with Crippen molar-refractivity contribution < 1.29 is 9.72 Å². The first kappa shape index (κ1) is 22.1. The minimum absolute atomic E-state index is 0.135. The number of rotatable bonds is 7. The summed E-state index contributed by atoms with van der Waals surface area (Å²) in [5, 5.41) is 32.3. The molecule has 1 amide bonds. The van der Waals surface area contributed by atoms with E-state index in [4.69, 9.17) is 11.6 Å². The Balaban J connectivity index is 1.85. The lowest BCUT2D eigenvalue weighted by Crippen LogP contribution is -2.13. The second-order valence-electron chi connectivity index (χ2n) is 6.92. The number of nitrogens with one attached hydrogen (secondary N) is 1. The molecule has 0 spiro atoms. The van der Waals surface area contributed by atoms with Crippen LogP contribution in [-0.2, 0) is 11.2 Å². The van der Waals surface area contributed by atoms with Crippen molar-refractivity contribution in [1.82, 2.24) is 14.8 Å². The normalized spacial score (nSPS) is 11.4. The molecule has 0 unspecified atom stereocenters. The third-order valence-electron chi connectivity index (χ3n) is 4.11. The first-order chi connectivity index (χ1) is 14.8. The third-order valence-corrected chi connectivity index (χ3v) is 5.27. The van der Waals surface area contributed by atoms with Crippen LogP contribution in [0.5, 0.6) is 0 Å². The van der Waals surface area contributed by atoms with Gasteiger partial charge in [-0.05, 0) is 30.2 Å². The summed E-state index contributed by atoms with van der Waals surface area (Å²) in [6, 6.07) is 9.36. The molecule has 0 aliphatic rings. The minimum Gasteiger partial charge on any atom is -0.316 e. The fourth-order valence-electron chi connectivity index (χ4n) is 2.73. The Labute approximate surface area is 186 Å². The zero-order valence-electron chi connectivity index (χ0n) is 16.6. The van der Waals surface area contributed by atoms with Crippen LogP contribution in [0, 0.1) is 27.4 Å². The second kappa shape index (κ2) is 9.51. The summed E-state index contributed by atoms with van der Waals surface area (Å²) in [4.78, 5) is 22.9. The fourth-order valence-corrected chi connectivity index (χ4v) is 3.95. The van der Waals surface area contributed by atoms with Gasteiger partial charge in [0.25, 0.3) is 11.6 Å². The van der Waals surface area contributed by atoms with E-state index in [0.29, 0.717) is 22.4 Å². The summed E-state index contributed by atoms with van der Waals surface area (Å²) in [6.07, 6.45) is 3.83. The van der Waals surface area contributed by atoms with E-state index in [1.807, 2.05) is 6.07 Å². The van der Waals surface area contributed by atoms with Gasteiger partial charge in [-0.2, -0.15) is 5.26 Å². The Kier molecular flexibility index (Phi) is 6.79. The summed E-state index contributed by atoms with van der Waals surface area (Å²) < 4.78 is 1.63. The predicted molar refractivity (Wildman–Crippen MR) is 118 cm³/mol. The van der Waals surface area contributed by atoms with Crippen LogP contribution in [0.25, 0.3) is 11.8 Å². The Bertz CT molecular complexity index is 1210. The Morgan fingerprint density at radius 2 is 2.19 bits per heavy atom. The van der Waals surface area contributed by atoms with E-state index in [-0.39, 0.29) is 16.3 Å². The number of carbonyl (C=O) groups excluding carboxylic acids is 1. The standard InChI is InChI=1S/C20H17ClN6O3S/c1-12(2)8-18-24-25-20(31-18)23-19(28)13(11-22)9-14-4-3-7-26(14)17-6-5-15(27(29)30)10-16(17)21/h3-7,9-10,12H,8H2,1-2H3,(H,23,25,28). The van der Waals surface area contributed by atoms with Gasteiger partial charge in [-0.25, -0.2) is 0 Å². The number of benzene rings is 1. The van der Waals surface area contributed by atoms with Crippen LogP contribution < -0.4 is 5.32 Å². The number of amides is 1. The van der Waals surface area contributed by atoms with E-state index in [1.54, 1.807) is 22.9 Å². The molecule has 11 heteroatoms. The van der Waals surface area contributed by atoms with Gasteiger partial charge in [0.05, 0.1) is 15.6 Å². The molecule has 3 aromatic rings. The van der Waals surface area contributed by atoms with Crippen LogP contribution in [0.2, 0.25) is 5.02 Å². The quantitative estimate of drug-likeness (QED) is 0.239. The number of halogens is 1. The lowest BCUT2D eigenvalue weighted by atomic mass is 10.1. The van der Waals surface area contributed by atoms with Gasteiger partial charge < -0.3 is 4.57 Å². The minimum atomic E-state index is -0.614. The molecule has 158 valence electrons. The van der Waals surface area contributed by atoms with Gasteiger partial charge in [0, 0.05) is 30.4 Å². The highest BCUT2D eigenvalue weighted by molar-refractivity contribution is 7.15. The van der Waals surface area contributed by atoms with Gasteiger partial charge in [-0.3, -0.25) is 20.2 Å². The molecule has 1 N–H and O–H groups in total. The topological polar surface area (TPSA) is 127 Å². The molecule has 1 aromatic carbocycles. The van der Waals surface area contributed by atoms with Gasteiger partial charge in [0.2, 0.25) is 5.13 Å². The van der Waals surface area contributed by atoms with Crippen molar-refractivity contribution in [2.45, 2.75) is 20.3 Å². The van der Waals surface area contributed by atoms with E-state index in [1.165, 1.54) is 35.6 Å². The number of nitro groups is 1. The predicted octanol–water partition coefficient (Wildman–Crippen LogP) is 4.63. The molecule has 0 atom stereocenters. The van der Waals surface area contributed by atoms with Crippen LogP contribution in [0.4, 0.5) is 10.8 Å². The number of hydrogen-bond donors (Lipinski definition) is 1. The van der Waals surface area contributed by atoms with Gasteiger partial charge in [-0.1, -0.05) is 36.8 Å². The van der Waals surface area contributed by atoms with E-state index in [2.05, 4.69) is 29.4 Å². The zero-order valence-corrected chi connectivity index (χ0v) is 18.1. The molecule has 0 saturated carbocycles. The van der Waals surface area contributed by atoms with Crippen molar-refractivity contribution in [2.75, 3.05) is 5.32 Å². The number of hydrogen-bond acceptors (Lipinski definition) is 7. The molecule has 9 nitrogen and oxygen atoms in total. The SMILES string of the molecule is CC(C)Cc1nnc(NC(=O)C(C#N)=Cc2cccn2-c2ccc([N+](=O)[O-])cc2Cl)s1. The molecule has 2 heterocycles. The Hall–Kier alpha value is -3.55. The van der Waals surface area contributed by atoms with E-state index < -0.39 is 10.8 Å². The van der Waals surface area contributed by atoms with Crippen LogP contribution in [-0.4, -0.2) is 25.6 Å². The first-order valence-corrected chi connectivity index (χ1v) is 10.3. The molecule has 0 aliphatic carbocycles. The van der Waals surface area contributed by atoms with Gasteiger partial charge in [0.15, 0.2) is 0 Å². The van der Waals surface area contributed by atoms with Gasteiger partial charge >= 0.3 is 0 Å².